The molecule has 2 aromatic rings. The molecule has 1 heterocycles. The molecule has 0 spiro atoms. The first-order chi connectivity index (χ1) is 15.2. The quantitative estimate of drug-likeness (QED) is 0.621. The number of methoxy groups -OCH3 is 1. The van der Waals surface area contributed by atoms with Crippen molar-refractivity contribution in [3.63, 3.8) is 0 Å². The third-order valence-electron chi connectivity index (χ3n) is 5.94. The molecule has 1 aliphatic rings. The first-order valence-corrected chi connectivity index (χ1v) is 11.6. The van der Waals surface area contributed by atoms with E-state index in [4.69, 9.17) is 9.84 Å². The summed E-state index contributed by atoms with van der Waals surface area (Å²) < 4.78 is 6.99. The second-order valence-corrected chi connectivity index (χ2v) is 9.56. The van der Waals surface area contributed by atoms with Gasteiger partial charge in [0.05, 0.1) is 25.0 Å². The minimum atomic E-state index is -0.205. The van der Waals surface area contributed by atoms with Gasteiger partial charge in [-0.1, -0.05) is 40.5 Å². The molecular formula is C25H36N4O3. The Morgan fingerprint density at radius 3 is 2.44 bits per heavy atom. The van der Waals surface area contributed by atoms with Crippen molar-refractivity contribution in [2.75, 3.05) is 25.5 Å². The molecular weight excluding hydrogens is 404 g/mol. The number of nitrogens with zero attached hydrogens (tertiary/aromatic N) is 3. The topological polar surface area (TPSA) is 76.5 Å². The number of hydrogen-bond acceptors (Lipinski definition) is 4. The highest BCUT2D eigenvalue weighted by Crippen LogP contribution is 2.29. The van der Waals surface area contributed by atoms with Crippen LogP contribution in [0.4, 0.5) is 5.82 Å². The van der Waals surface area contributed by atoms with Crippen LogP contribution in [0.25, 0.3) is 5.69 Å². The van der Waals surface area contributed by atoms with Gasteiger partial charge in [-0.15, -0.1) is 0 Å². The molecule has 1 aromatic carbocycles. The van der Waals surface area contributed by atoms with Crippen molar-refractivity contribution in [2.45, 2.75) is 65.2 Å². The fourth-order valence-electron chi connectivity index (χ4n) is 3.64. The highest BCUT2D eigenvalue weighted by molar-refractivity contribution is 5.94. The molecule has 7 heteroatoms. The van der Waals surface area contributed by atoms with Crippen LogP contribution in [0.2, 0.25) is 0 Å². The van der Waals surface area contributed by atoms with Gasteiger partial charge in [0.25, 0.3) is 0 Å². The summed E-state index contributed by atoms with van der Waals surface area (Å²) in [6.45, 7) is 9.03. The van der Waals surface area contributed by atoms with Crippen LogP contribution in [-0.2, 0) is 15.0 Å². The van der Waals surface area contributed by atoms with E-state index in [0.29, 0.717) is 12.4 Å². The molecule has 3 rings (SSSR count). The molecule has 2 amide bonds. The smallest absolute Gasteiger partial charge is 0.245 e. The summed E-state index contributed by atoms with van der Waals surface area (Å²) in [6, 6.07) is 9.45. The van der Waals surface area contributed by atoms with E-state index in [1.165, 1.54) is 0 Å². The molecule has 1 aliphatic carbocycles. The lowest BCUT2D eigenvalue weighted by Gasteiger charge is -2.31. The van der Waals surface area contributed by atoms with Crippen LogP contribution in [0.5, 0.6) is 5.75 Å². The molecule has 7 nitrogen and oxygen atoms in total. The van der Waals surface area contributed by atoms with E-state index in [2.05, 4.69) is 33.0 Å². The number of rotatable bonds is 9. The van der Waals surface area contributed by atoms with E-state index in [-0.39, 0.29) is 29.7 Å². The maximum absolute atomic E-state index is 13.0. The van der Waals surface area contributed by atoms with Gasteiger partial charge < -0.3 is 15.0 Å². The molecule has 0 unspecified atom stereocenters. The zero-order chi connectivity index (χ0) is 23.3. The predicted octanol–water partition coefficient (Wildman–Crippen LogP) is 4.55. The summed E-state index contributed by atoms with van der Waals surface area (Å²) in [5, 5.41) is 7.76. The van der Waals surface area contributed by atoms with Crippen molar-refractivity contribution in [3.05, 3.63) is 36.0 Å². The second kappa shape index (κ2) is 10.2. The van der Waals surface area contributed by atoms with Gasteiger partial charge in [-0.05, 0) is 43.5 Å². The van der Waals surface area contributed by atoms with Gasteiger partial charge in [0.2, 0.25) is 11.8 Å². The van der Waals surface area contributed by atoms with Crippen LogP contribution in [-0.4, -0.2) is 46.7 Å². The average molecular weight is 441 g/mol. The Balaban J connectivity index is 1.81. The molecule has 1 aromatic heterocycles. The van der Waals surface area contributed by atoms with Crippen molar-refractivity contribution >= 4 is 17.6 Å². The summed E-state index contributed by atoms with van der Waals surface area (Å²) in [5.41, 5.74) is 1.52. The SMILES string of the molecule is CCCCN(CC(=O)Nc1cc(C(C)(C)C)nn1-c1ccc(OC)cc1)C(=O)C1CCC1. The maximum atomic E-state index is 13.0. The number of aromatic nitrogens is 2. The van der Waals surface area contributed by atoms with Gasteiger partial charge in [-0.2, -0.15) is 5.10 Å². The van der Waals surface area contributed by atoms with Crippen molar-refractivity contribution in [3.8, 4) is 11.4 Å². The summed E-state index contributed by atoms with van der Waals surface area (Å²) in [5.74, 6) is 1.33. The van der Waals surface area contributed by atoms with Gasteiger partial charge in [-0.3, -0.25) is 9.59 Å². The van der Waals surface area contributed by atoms with E-state index >= 15 is 0 Å². The Hall–Kier alpha value is -2.83. The number of hydrogen-bond donors (Lipinski definition) is 1. The fourth-order valence-corrected chi connectivity index (χ4v) is 3.64. The lowest BCUT2D eigenvalue weighted by atomic mass is 9.84. The molecule has 1 N–H and O–H groups in total. The van der Waals surface area contributed by atoms with Crippen LogP contribution in [0, 0.1) is 5.92 Å². The molecule has 0 bridgehead atoms. The van der Waals surface area contributed by atoms with E-state index < -0.39 is 0 Å². The number of unbranched alkanes of at least 4 members (excludes halogenated alkanes) is 1. The predicted molar refractivity (Wildman–Crippen MR) is 126 cm³/mol. The maximum Gasteiger partial charge on any atom is 0.245 e. The van der Waals surface area contributed by atoms with Crippen LogP contribution < -0.4 is 10.1 Å². The second-order valence-electron chi connectivity index (χ2n) is 9.56. The number of ether oxygens (including phenoxy) is 1. The lowest BCUT2D eigenvalue weighted by Crippen LogP contribution is -2.43. The molecule has 174 valence electrons. The Bertz CT molecular complexity index is 924. The van der Waals surface area contributed by atoms with Gasteiger partial charge in [0, 0.05) is 23.9 Å². The Morgan fingerprint density at radius 1 is 1.22 bits per heavy atom. The van der Waals surface area contributed by atoms with Crippen molar-refractivity contribution in [1.29, 1.82) is 0 Å². The Kier molecular flexibility index (Phi) is 7.59. The molecule has 1 fully saturated rings. The molecule has 0 saturated heterocycles. The largest absolute Gasteiger partial charge is 0.497 e. The fraction of sp³-hybridized carbons (Fsp3) is 0.560. The number of carbonyl (C=O) groups is 2. The third kappa shape index (κ3) is 5.69. The Morgan fingerprint density at radius 2 is 1.91 bits per heavy atom. The minimum absolute atomic E-state index is 0.0635. The average Bonchev–Trinajstić information content (AvgIpc) is 3.14. The van der Waals surface area contributed by atoms with Gasteiger partial charge in [0.15, 0.2) is 0 Å². The number of amides is 2. The highest BCUT2D eigenvalue weighted by atomic mass is 16.5. The molecule has 0 atom stereocenters. The molecule has 32 heavy (non-hydrogen) atoms. The zero-order valence-corrected chi connectivity index (χ0v) is 20.0. The zero-order valence-electron chi connectivity index (χ0n) is 20.0. The molecule has 1 saturated carbocycles. The van der Waals surface area contributed by atoms with Gasteiger partial charge in [0.1, 0.15) is 11.6 Å². The monoisotopic (exact) mass is 440 g/mol. The van der Waals surface area contributed by atoms with Crippen molar-refractivity contribution in [1.82, 2.24) is 14.7 Å². The van der Waals surface area contributed by atoms with Crippen LogP contribution in [0.3, 0.4) is 0 Å². The van der Waals surface area contributed by atoms with E-state index in [1.54, 1.807) is 16.7 Å². The van der Waals surface area contributed by atoms with Crippen molar-refractivity contribution < 1.29 is 14.3 Å². The van der Waals surface area contributed by atoms with Crippen LogP contribution >= 0.6 is 0 Å². The third-order valence-corrected chi connectivity index (χ3v) is 5.94. The normalized spacial score (nSPS) is 14.0. The Labute approximate surface area is 191 Å². The number of carbonyl (C=O) groups excluding carboxylic acids is 2. The first-order valence-electron chi connectivity index (χ1n) is 11.6. The summed E-state index contributed by atoms with van der Waals surface area (Å²) in [4.78, 5) is 27.5. The highest BCUT2D eigenvalue weighted by Gasteiger charge is 2.30. The summed E-state index contributed by atoms with van der Waals surface area (Å²) in [7, 11) is 1.63. The molecule has 0 radical (unpaired) electrons. The number of benzene rings is 1. The van der Waals surface area contributed by atoms with Crippen molar-refractivity contribution in [2.24, 2.45) is 5.92 Å². The van der Waals surface area contributed by atoms with Gasteiger partial charge in [-0.25, -0.2) is 4.68 Å². The summed E-state index contributed by atoms with van der Waals surface area (Å²) in [6.07, 6.45) is 4.84. The van der Waals surface area contributed by atoms with Crippen LogP contribution in [0.1, 0.15) is 65.5 Å². The molecule has 0 aliphatic heterocycles. The van der Waals surface area contributed by atoms with E-state index in [1.807, 2.05) is 30.3 Å². The first kappa shape index (κ1) is 23.8. The minimum Gasteiger partial charge on any atom is -0.497 e. The van der Waals surface area contributed by atoms with E-state index in [9.17, 15) is 9.59 Å². The lowest BCUT2D eigenvalue weighted by molar-refractivity contribution is -0.140. The standard InChI is InChI=1S/C25H36N4O3/c1-6-7-15-28(24(31)18-9-8-10-18)17-23(30)26-22-16-21(25(2,3)4)27-29(22)19-11-13-20(32-5)14-12-19/h11-14,16,18H,6-10,15,17H2,1-5H3,(H,26,30). The van der Waals surface area contributed by atoms with E-state index in [0.717, 1.165) is 49.2 Å². The van der Waals surface area contributed by atoms with Gasteiger partial charge >= 0.3 is 0 Å². The summed E-state index contributed by atoms with van der Waals surface area (Å²) >= 11 is 0. The number of anilines is 1. The van der Waals surface area contributed by atoms with Crippen LogP contribution in [0.15, 0.2) is 30.3 Å². The number of nitrogens with one attached hydrogen (secondary N) is 1.